The molecule has 4 heterocycles. The number of piperidine rings is 1. The minimum absolute atomic E-state index is 0.0616. The highest BCUT2D eigenvalue weighted by Crippen LogP contribution is 2.31. The molecule has 0 radical (unpaired) electrons. The van der Waals surface area contributed by atoms with Crippen LogP contribution >= 0.6 is 0 Å². The van der Waals surface area contributed by atoms with Crippen LogP contribution in [0.4, 0.5) is 14.5 Å². The zero-order valence-corrected chi connectivity index (χ0v) is 19.7. The van der Waals surface area contributed by atoms with Gasteiger partial charge < -0.3 is 15.4 Å². The van der Waals surface area contributed by atoms with E-state index >= 15 is 0 Å². The van der Waals surface area contributed by atoms with E-state index in [1.165, 1.54) is 27.9 Å². The summed E-state index contributed by atoms with van der Waals surface area (Å²) < 4.78 is 34.0. The molecule has 11 heteroatoms. The summed E-state index contributed by atoms with van der Waals surface area (Å²) in [6, 6.07) is 6.40. The van der Waals surface area contributed by atoms with Gasteiger partial charge in [0.25, 0.3) is 11.8 Å². The summed E-state index contributed by atoms with van der Waals surface area (Å²) in [5, 5.41) is 4.43. The summed E-state index contributed by atoms with van der Waals surface area (Å²) in [7, 11) is 0. The van der Waals surface area contributed by atoms with Crippen LogP contribution in [0, 0.1) is 0 Å². The highest BCUT2D eigenvalue weighted by Gasteiger charge is 2.36. The number of ether oxygens (including phenoxy) is 1. The molecule has 1 saturated heterocycles. The highest BCUT2D eigenvalue weighted by atomic mass is 19.3. The van der Waals surface area contributed by atoms with Crippen molar-refractivity contribution in [1.29, 1.82) is 0 Å². The lowest BCUT2D eigenvalue weighted by molar-refractivity contribution is -0.0495. The zero-order valence-electron chi connectivity index (χ0n) is 19.7. The van der Waals surface area contributed by atoms with Crippen LogP contribution in [0.5, 0.6) is 0 Å². The first-order valence-corrected chi connectivity index (χ1v) is 11.1. The zero-order chi connectivity index (χ0) is 25.4. The standard InChI is InChI=1S/C24H26F2N6O3/c1-23(2,3)35-22(34)15-11-17(27)20(29-13-15)19-12-18(30-32(19)16-5-4-8-28-14-16)21(33)31-9-6-24(25,26)7-10-31/h4-5,8,11-14H,6-7,9-10,27H2,1-3H3. The van der Waals surface area contributed by atoms with E-state index in [0.717, 1.165) is 0 Å². The number of esters is 1. The molecule has 0 aromatic carbocycles. The van der Waals surface area contributed by atoms with Crippen LogP contribution < -0.4 is 5.73 Å². The smallest absolute Gasteiger partial charge is 0.340 e. The Labute approximate surface area is 200 Å². The van der Waals surface area contributed by atoms with Gasteiger partial charge in [-0.2, -0.15) is 5.10 Å². The number of amides is 1. The van der Waals surface area contributed by atoms with Gasteiger partial charge in [0.1, 0.15) is 11.3 Å². The Kier molecular flexibility index (Phi) is 6.27. The van der Waals surface area contributed by atoms with Gasteiger partial charge in [-0.1, -0.05) is 0 Å². The molecule has 1 fully saturated rings. The molecule has 2 N–H and O–H groups in total. The normalized spacial score (nSPS) is 15.6. The molecule has 3 aromatic rings. The van der Waals surface area contributed by atoms with E-state index in [0.29, 0.717) is 11.4 Å². The Hall–Kier alpha value is -3.89. The Morgan fingerprint density at radius 3 is 2.46 bits per heavy atom. The summed E-state index contributed by atoms with van der Waals surface area (Å²) in [5.74, 6) is -3.80. The molecule has 1 aliphatic heterocycles. The second kappa shape index (κ2) is 9.05. The third-order valence-corrected chi connectivity index (χ3v) is 5.40. The first-order valence-electron chi connectivity index (χ1n) is 11.1. The fraction of sp³-hybridized carbons (Fsp3) is 0.375. The molecule has 1 aliphatic rings. The van der Waals surface area contributed by atoms with Crippen LogP contribution in [-0.4, -0.2) is 61.1 Å². The number of carbonyl (C=O) groups excluding carboxylic acids is 2. The summed E-state index contributed by atoms with van der Waals surface area (Å²) in [5.41, 5.74) is 7.21. The van der Waals surface area contributed by atoms with E-state index in [4.69, 9.17) is 10.5 Å². The van der Waals surface area contributed by atoms with E-state index in [1.54, 1.807) is 45.3 Å². The number of pyridine rings is 2. The van der Waals surface area contributed by atoms with Crippen molar-refractivity contribution in [2.45, 2.75) is 45.1 Å². The molecular formula is C24H26F2N6O3. The van der Waals surface area contributed by atoms with Gasteiger partial charge in [0.15, 0.2) is 5.69 Å². The van der Waals surface area contributed by atoms with Crippen LogP contribution in [0.3, 0.4) is 0 Å². The maximum Gasteiger partial charge on any atom is 0.340 e. The maximum absolute atomic E-state index is 13.6. The molecule has 4 rings (SSSR count). The van der Waals surface area contributed by atoms with Gasteiger partial charge in [-0.25, -0.2) is 18.3 Å². The number of nitrogens with zero attached hydrogens (tertiary/aromatic N) is 5. The maximum atomic E-state index is 13.6. The van der Waals surface area contributed by atoms with E-state index < -0.39 is 36.2 Å². The van der Waals surface area contributed by atoms with Crippen molar-refractivity contribution in [1.82, 2.24) is 24.6 Å². The van der Waals surface area contributed by atoms with E-state index in [-0.39, 0.29) is 35.7 Å². The monoisotopic (exact) mass is 484 g/mol. The minimum atomic E-state index is -2.77. The van der Waals surface area contributed by atoms with E-state index in [1.807, 2.05) is 0 Å². The SMILES string of the molecule is CC(C)(C)OC(=O)c1cnc(-c2cc(C(=O)N3CCC(F)(F)CC3)nn2-c2cccnc2)c(N)c1. The minimum Gasteiger partial charge on any atom is -0.456 e. The van der Waals surface area contributed by atoms with Crippen molar-refractivity contribution >= 4 is 17.6 Å². The predicted molar refractivity (Wildman–Crippen MR) is 124 cm³/mol. The largest absolute Gasteiger partial charge is 0.456 e. The first-order chi connectivity index (χ1) is 16.4. The Bertz CT molecular complexity index is 1240. The molecular weight excluding hydrogens is 458 g/mol. The predicted octanol–water partition coefficient (Wildman–Crippen LogP) is 3.74. The fourth-order valence-corrected chi connectivity index (χ4v) is 3.67. The van der Waals surface area contributed by atoms with Crippen molar-refractivity contribution in [2.75, 3.05) is 18.8 Å². The molecule has 0 atom stereocenters. The van der Waals surface area contributed by atoms with Crippen LogP contribution in [0.25, 0.3) is 17.1 Å². The molecule has 0 unspecified atom stereocenters. The number of likely N-dealkylation sites (tertiary alicyclic amines) is 1. The van der Waals surface area contributed by atoms with Gasteiger partial charge in [0.05, 0.1) is 28.8 Å². The number of hydrogen-bond donors (Lipinski definition) is 1. The average molecular weight is 485 g/mol. The molecule has 9 nitrogen and oxygen atoms in total. The van der Waals surface area contributed by atoms with Crippen molar-refractivity contribution < 1.29 is 23.1 Å². The van der Waals surface area contributed by atoms with Gasteiger partial charge in [-0.15, -0.1) is 0 Å². The van der Waals surface area contributed by atoms with Crippen LogP contribution in [0.15, 0.2) is 42.9 Å². The molecule has 3 aromatic heterocycles. The second-order valence-electron chi connectivity index (χ2n) is 9.35. The number of nitrogen functional groups attached to an aromatic ring is 1. The van der Waals surface area contributed by atoms with Gasteiger partial charge in [-0.05, 0) is 45.0 Å². The molecule has 35 heavy (non-hydrogen) atoms. The van der Waals surface area contributed by atoms with Crippen LogP contribution in [0.2, 0.25) is 0 Å². The topological polar surface area (TPSA) is 116 Å². The lowest BCUT2D eigenvalue weighted by atomic mass is 10.1. The number of rotatable bonds is 4. The summed E-state index contributed by atoms with van der Waals surface area (Å²) in [6.45, 7) is 5.14. The van der Waals surface area contributed by atoms with Gasteiger partial charge in [-0.3, -0.25) is 14.8 Å². The average Bonchev–Trinajstić information content (AvgIpc) is 3.23. The molecule has 0 bridgehead atoms. The summed E-state index contributed by atoms with van der Waals surface area (Å²) in [6.07, 6.45) is 3.70. The third kappa shape index (κ3) is 5.44. The number of anilines is 1. The Balaban J connectivity index is 1.71. The number of nitrogens with two attached hydrogens (primary N) is 1. The molecule has 0 spiro atoms. The van der Waals surface area contributed by atoms with E-state index in [9.17, 15) is 18.4 Å². The number of hydrogen-bond acceptors (Lipinski definition) is 7. The summed E-state index contributed by atoms with van der Waals surface area (Å²) >= 11 is 0. The molecule has 0 aliphatic carbocycles. The molecule has 184 valence electrons. The van der Waals surface area contributed by atoms with Gasteiger partial charge >= 0.3 is 5.97 Å². The molecule has 0 saturated carbocycles. The van der Waals surface area contributed by atoms with Crippen LogP contribution in [-0.2, 0) is 4.74 Å². The number of halogens is 2. The number of carbonyl (C=O) groups is 2. The Morgan fingerprint density at radius 2 is 1.86 bits per heavy atom. The first kappa shape index (κ1) is 24.2. The lowest BCUT2D eigenvalue weighted by Crippen LogP contribution is -2.42. The third-order valence-electron chi connectivity index (χ3n) is 5.40. The fourth-order valence-electron chi connectivity index (χ4n) is 3.67. The second-order valence-corrected chi connectivity index (χ2v) is 9.35. The highest BCUT2D eigenvalue weighted by molar-refractivity contribution is 5.95. The van der Waals surface area contributed by atoms with Crippen LogP contribution in [0.1, 0.15) is 54.5 Å². The summed E-state index contributed by atoms with van der Waals surface area (Å²) in [4.78, 5) is 35.3. The van der Waals surface area contributed by atoms with Crippen molar-refractivity contribution in [3.8, 4) is 17.1 Å². The number of aromatic nitrogens is 4. The quantitative estimate of drug-likeness (QED) is 0.561. The van der Waals surface area contributed by atoms with Crippen molar-refractivity contribution in [2.24, 2.45) is 0 Å². The molecule has 1 amide bonds. The Morgan fingerprint density at radius 1 is 1.14 bits per heavy atom. The van der Waals surface area contributed by atoms with Gasteiger partial charge in [0.2, 0.25) is 0 Å². The van der Waals surface area contributed by atoms with E-state index in [2.05, 4.69) is 15.1 Å². The number of alkyl halides is 2. The van der Waals surface area contributed by atoms with Crippen molar-refractivity contribution in [3.63, 3.8) is 0 Å². The lowest BCUT2D eigenvalue weighted by Gasteiger charge is -2.31. The van der Waals surface area contributed by atoms with Gasteiger partial charge in [0, 0.05) is 38.3 Å². The van der Waals surface area contributed by atoms with Crippen molar-refractivity contribution in [3.05, 3.63) is 54.1 Å².